The maximum atomic E-state index is 13.0. The van der Waals surface area contributed by atoms with Gasteiger partial charge in [0, 0.05) is 23.6 Å². The minimum atomic E-state index is -4.62. The van der Waals surface area contributed by atoms with Crippen molar-refractivity contribution in [1.29, 1.82) is 0 Å². The van der Waals surface area contributed by atoms with Gasteiger partial charge >= 0.3 is 18.2 Å². The monoisotopic (exact) mass is 490 g/mol. The Bertz CT molecular complexity index is 1260. The number of nitrogens with one attached hydrogen (secondary N) is 1. The number of para-hydroxylation sites is 1. The number of rotatable bonds is 5. The van der Waals surface area contributed by atoms with Crippen molar-refractivity contribution in [2.24, 2.45) is 0 Å². The van der Waals surface area contributed by atoms with Crippen LogP contribution in [0.4, 0.5) is 18.0 Å². The van der Waals surface area contributed by atoms with Gasteiger partial charge < -0.3 is 14.8 Å². The van der Waals surface area contributed by atoms with Crippen LogP contribution in [0.3, 0.4) is 0 Å². The van der Waals surface area contributed by atoms with E-state index in [1.807, 2.05) is 0 Å². The molecule has 0 unspecified atom stereocenters. The molecule has 1 amide bonds. The Morgan fingerprint density at radius 1 is 1.03 bits per heavy atom. The molecule has 0 aliphatic heterocycles. The molecule has 1 N–H and O–H groups in total. The summed E-state index contributed by atoms with van der Waals surface area (Å²) in [6.45, 7) is 5.19. The average molecular weight is 490 g/mol. The van der Waals surface area contributed by atoms with Crippen molar-refractivity contribution in [3.8, 4) is 0 Å². The molecule has 10 heteroatoms. The molecule has 1 heterocycles. The number of alkyl halides is 3. The number of carbonyl (C=O) groups is 3. The molecule has 3 rings (SSSR count). The van der Waals surface area contributed by atoms with Crippen LogP contribution in [0.25, 0.3) is 10.9 Å². The zero-order valence-electron chi connectivity index (χ0n) is 19.6. The summed E-state index contributed by atoms with van der Waals surface area (Å²) >= 11 is 0. The van der Waals surface area contributed by atoms with E-state index in [4.69, 9.17) is 9.47 Å². The van der Waals surface area contributed by atoms with Crippen LogP contribution in [0.15, 0.2) is 54.7 Å². The normalized spacial score (nSPS) is 12.8. The lowest BCUT2D eigenvalue weighted by Crippen LogP contribution is -2.43. The van der Waals surface area contributed by atoms with Gasteiger partial charge in [-0.1, -0.05) is 24.3 Å². The molecule has 0 fully saturated rings. The lowest BCUT2D eigenvalue weighted by Gasteiger charge is -2.19. The van der Waals surface area contributed by atoms with Crippen molar-refractivity contribution in [2.45, 2.75) is 45.0 Å². The summed E-state index contributed by atoms with van der Waals surface area (Å²) in [6.07, 6.45) is -3.82. The number of halogens is 3. The third-order valence-corrected chi connectivity index (χ3v) is 5.05. The summed E-state index contributed by atoms with van der Waals surface area (Å²) in [5.41, 5.74) is -0.920. The van der Waals surface area contributed by atoms with Gasteiger partial charge in [-0.2, -0.15) is 13.2 Å². The average Bonchev–Trinajstić information content (AvgIpc) is 3.15. The van der Waals surface area contributed by atoms with Crippen LogP contribution in [-0.2, 0) is 26.9 Å². The Hall–Kier alpha value is -3.82. The molecule has 1 aromatic heterocycles. The highest BCUT2D eigenvalue weighted by molar-refractivity contribution is 5.97. The third kappa shape index (κ3) is 6.20. The molecule has 0 bridgehead atoms. The number of carbonyl (C=O) groups excluding carboxylic acids is 3. The molecule has 2 aromatic carbocycles. The maximum absolute atomic E-state index is 13.0. The highest BCUT2D eigenvalue weighted by Gasteiger charge is 2.32. The third-order valence-electron chi connectivity index (χ3n) is 5.05. The van der Waals surface area contributed by atoms with Crippen molar-refractivity contribution in [1.82, 2.24) is 9.88 Å². The second-order valence-corrected chi connectivity index (χ2v) is 8.85. The van der Waals surface area contributed by atoms with E-state index in [-0.39, 0.29) is 12.0 Å². The summed E-state index contributed by atoms with van der Waals surface area (Å²) in [5, 5.41) is 3.09. The first-order chi connectivity index (χ1) is 16.3. The van der Waals surface area contributed by atoms with Crippen LogP contribution in [0, 0.1) is 0 Å². The number of amides is 1. The van der Waals surface area contributed by atoms with E-state index in [0.717, 1.165) is 19.2 Å². The Balaban J connectivity index is 1.92. The molecular weight excluding hydrogens is 465 g/mol. The molecule has 3 aromatic rings. The van der Waals surface area contributed by atoms with Crippen LogP contribution in [-0.4, -0.2) is 41.3 Å². The van der Waals surface area contributed by atoms with Gasteiger partial charge in [0.2, 0.25) is 0 Å². The highest BCUT2D eigenvalue weighted by Crippen LogP contribution is 2.29. The van der Waals surface area contributed by atoms with E-state index in [1.54, 1.807) is 45.0 Å². The molecular formula is C25H25F3N2O5. The summed E-state index contributed by atoms with van der Waals surface area (Å²) in [5.74, 6) is -1.66. The van der Waals surface area contributed by atoms with Crippen LogP contribution < -0.4 is 5.32 Å². The number of aromatic nitrogens is 1. The predicted molar refractivity (Wildman–Crippen MR) is 122 cm³/mol. The zero-order valence-corrected chi connectivity index (χ0v) is 19.6. The Kier molecular flexibility index (Phi) is 7.23. The van der Waals surface area contributed by atoms with Crippen molar-refractivity contribution in [3.63, 3.8) is 0 Å². The van der Waals surface area contributed by atoms with E-state index >= 15 is 0 Å². The SMILES string of the molecule is COC(=O)[C@@H](Cc1cn(C(=O)OC(C)(C)C)c2ccccc12)NC(=O)c1cccc(C(F)(F)F)c1. The van der Waals surface area contributed by atoms with Crippen molar-refractivity contribution in [3.05, 3.63) is 71.4 Å². The van der Waals surface area contributed by atoms with E-state index in [2.05, 4.69) is 5.32 Å². The Morgan fingerprint density at radius 2 is 1.71 bits per heavy atom. The standard InChI is InChI=1S/C25H25F3N2O5/c1-24(2,3)35-23(33)30-14-16(18-10-5-6-11-20(18)30)13-19(22(32)34-4)29-21(31)15-8-7-9-17(12-15)25(26,27)28/h5-12,14,19H,13H2,1-4H3,(H,29,31)/t19-/m1/s1. The largest absolute Gasteiger partial charge is 0.467 e. The van der Waals surface area contributed by atoms with Gasteiger partial charge in [-0.25, -0.2) is 9.59 Å². The molecule has 0 aliphatic carbocycles. The molecule has 0 radical (unpaired) electrons. The summed E-state index contributed by atoms with van der Waals surface area (Å²) in [7, 11) is 1.13. The number of esters is 1. The molecule has 0 aliphatic rings. The lowest BCUT2D eigenvalue weighted by molar-refractivity contribution is -0.143. The van der Waals surface area contributed by atoms with Gasteiger partial charge in [-0.15, -0.1) is 0 Å². The van der Waals surface area contributed by atoms with Gasteiger partial charge in [-0.3, -0.25) is 9.36 Å². The smallest absolute Gasteiger partial charge is 0.419 e. The van der Waals surface area contributed by atoms with Gasteiger partial charge in [0.25, 0.3) is 5.91 Å². The Morgan fingerprint density at radius 3 is 2.34 bits per heavy atom. The van der Waals surface area contributed by atoms with E-state index in [1.165, 1.54) is 16.8 Å². The number of hydrogen-bond acceptors (Lipinski definition) is 5. The molecule has 1 atom stereocenters. The minimum absolute atomic E-state index is 0.0757. The van der Waals surface area contributed by atoms with Crippen LogP contribution in [0.1, 0.15) is 42.3 Å². The first kappa shape index (κ1) is 25.8. The maximum Gasteiger partial charge on any atom is 0.419 e. The first-order valence-corrected chi connectivity index (χ1v) is 10.7. The highest BCUT2D eigenvalue weighted by atomic mass is 19.4. The van der Waals surface area contributed by atoms with Gasteiger partial charge in [0.1, 0.15) is 11.6 Å². The number of nitrogens with zero attached hydrogens (tertiary/aromatic N) is 1. The van der Waals surface area contributed by atoms with E-state index in [9.17, 15) is 27.6 Å². The number of fused-ring (bicyclic) bond motifs is 1. The number of ether oxygens (including phenoxy) is 2. The molecule has 7 nitrogen and oxygen atoms in total. The van der Waals surface area contributed by atoms with Crippen LogP contribution in [0.2, 0.25) is 0 Å². The zero-order chi connectivity index (χ0) is 26.0. The number of hydrogen-bond donors (Lipinski definition) is 1. The van der Waals surface area contributed by atoms with Crippen LogP contribution in [0.5, 0.6) is 0 Å². The fourth-order valence-electron chi connectivity index (χ4n) is 3.51. The second-order valence-electron chi connectivity index (χ2n) is 8.85. The van der Waals surface area contributed by atoms with E-state index < -0.39 is 41.4 Å². The van der Waals surface area contributed by atoms with Crippen molar-refractivity contribution >= 4 is 28.9 Å². The summed E-state index contributed by atoms with van der Waals surface area (Å²) in [6, 6.07) is 9.59. The van der Waals surface area contributed by atoms with Crippen molar-refractivity contribution < 1.29 is 37.0 Å². The molecule has 0 saturated carbocycles. The van der Waals surface area contributed by atoms with Gasteiger partial charge in [0.05, 0.1) is 18.2 Å². The molecule has 186 valence electrons. The predicted octanol–water partition coefficient (Wildman–Crippen LogP) is 4.96. The molecule has 35 heavy (non-hydrogen) atoms. The topological polar surface area (TPSA) is 86.6 Å². The Labute approximate surface area is 199 Å². The quantitative estimate of drug-likeness (QED) is 0.511. The second kappa shape index (κ2) is 9.81. The number of benzene rings is 2. The fourth-order valence-corrected chi connectivity index (χ4v) is 3.51. The lowest BCUT2D eigenvalue weighted by atomic mass is 10.0. The van der Waals surface area contributed by atoms with Gasteiger partial charge in [0.15, 0.2) is 0 Å². The van der Waals surface area contributed by atoms with E-state index in [0.29, 0.717) is 22.5 Å². The number of methoxy groups -OCH3 is 1. The van der Waals surface area contributed by atoms with Gasteiger partial charge in [-0.05, 0) is 50.6 Å². The summed E-state index contributed by atoms with van der Waals surface area (Å²) < 4.78 is 50.7. The van der Waals surface area contributed by atoms with Crippen molar-refractivity contribution in [2.75, 3.05) is 7.11 Å². The summed E-state index contributed by atoms with van der Waals surface area (Å²) in [4.78, 5) is 37.9. The minimum Gasteiger partial charge on any atom is -0.467 e. The van der Waals surface area contributed by atoms with Crippen LogP contribution >= 0.6 is 0 Å². The molecule has 0 saturated heterocycles. The first-order valence-electron chi connectivity index (χ1n) is 10.7. The fraction of sp³-hybridized carbons (Fsp3) is 0.320. The molecule has 0 spiro atoms.